The summed E-state index contributed by atoms with van der Waals surface area (Å²) in [5.74, 6) is -0.294. The predicted octanol–water partition coefficient (Wildman–Crippen LogP) is 1.69. The highest BCUT2D eigenvalue weighted by molar-refractivity contribution is 5.79. The van der Waals surface area contributed by atoms with Crippen LogP contribution < -0.4 is 0 Å². The third kappa shape index (κ3) is 3.11. The lowest BCUT2D eigenvalue weighted by Crippen LogP contribution is -2.44. The van der Waals surface area contributed by atoms with E-state index in [1.807, 2.05) is 6.07 Å². The second-order valence-corrected chi connectivity index (χ2v) is 4.99. The maximum Gasteiger partial charge on any atom is 0.227 e. The smallest absolute Gasteiger partial charge is 0.227 e. The van der Waals surface area contributed by atoms with Gasteiger partial charge in [-0.05, 0) is 23.8 Å². The molecule has 6 heteroatoms. The Morgan fingerprint density at radius 1 is 1.38 bits per heavy atom. The number of aromatic amines is 1. The number of nitrogens with zero attached hydrogens (tertiary/aromatic N) is 2. The number of aromatic nitrogens is 2. The largest absolute Gasteiger partial charge is 0.377 e. The molecule has 2 heterocycles. The Hall–Kier alpha value is -2.21. The highest BCUT2D eigenvalue weighted by Crippen LogP contribution is 2.23. The number of carbonyl (C=O) groups excluding carboxylic acids is 1. The number of hydrogen-bond donors (Lipinski definition) is 1. The van der Waals surface area contributed by atoms with E-state index in [9.17, 15) is 9.18 Å². The van der Waals surface area contributed by atoms with Crippen LogP contribution in [-0.2, 0) is 16.0 Å². The number of rotatable bonds is 3. The van der Waals surface area contributed by atoms with Crippen molar-refractivity contribution in [2.24, 2.45) is 0 Å². The molecule has 0 saturated carbocycles. The van der Waals surface area contributed by atoms with E-state index in [1.165, 1.54) is 12.1 Å². The van der Waals surface area contributed by atoms with Crippen LogP contribution in [0.4, 0.5) is 4.39 Å². The number of carbonyl (C=O) groups is 1. The fourth-order valence-corrected chi connectivity index (χ4v) is 2.49. The molecule has 1 atom stereocenters. The van der Waals surface area contributed by atoms with Crippen LogP contribution >= 0.6 is 0 Å². The van der Waals surface area contributed by atoms with Crippen molar-refractivity contribution in [1.29, 1.82) is 0 Å². The Kier molecular flexibility index (Phi) is 3.96. The molecule has 1 saturated heterocycles. The van der Waals surface area contributed by atoms with Gasteiger partial charge in [0.2, 0.25) is 5.91 Å². The summed E-state index contributed by atoms with van der Waals surface area (Å²) >= 11 is 0. The second-order valence-electron chi connectivity index (χ2n) is 4.99. The van der Waals surface area contributed by atoms with Crippen LogP contribution in [0.5, 0.6) is 0 Å². The molecule has 0 radical (unpaired) electrons. The van der Waals surface area contributed by atoms with Crippen LogP contribution in [0.15, 0.2) is 36.5 Å². The van der Waals surface area contributed by atoms with Crippen LogP contribution in [0.1, 0.15) is 17.3 Å². The van der Waals surface area contributed by atoms with E-state index in [0.29, 0.717) is 19.8 Å². The average Bonchev–Trinajstić information content (AvgIpc) is 3.04. The molecule has 1 N–H and O–H groups in total. The van der Waals surface area contributed by atoms with Crippen molar-refractivity contribution in [3.63, 3.8) is 0 Å². The Balaban J connectivity index is 1.73. The van der Waals surface area contributed by atoms with Gasteiger partial charge in [-0.1, -0.05) is 12.1 Å². The van der Waals surface area contributed by atoms with Crippen molar-refractivity contribution < 1.29 is 13.9 Å². The lowest BCUT2D eigenvalue weighted by molar-refractivity contribution is -0.139. The first-order chi connectivity index (χ1) is 10.2. The van der Waals surface area contributed by atoms with Gasteiger partial charge in [0.25, 0.3) is 0 Å². The third-order valence-corrected chi connectivity index (χ3v) is 3.60. The standard InChI is InChI=1S/C15H16FN3O2/c16-12-3-1-11(2-4-12)9-15(20)19-7-8-21-10-14(19)13-5-6-17-18-13/h1-6,14H,7-10H2,(H,17,18)/t14-/m0/s1. The van der Waals surface area contributed by atoms with Gasteiger partial charge in [-0.15, -0.1) is 0 Å². The molecule has 110 valence electrons. The minimum Gasteiger partial charge on any atom is -0.377 e. The normalized spacial score (nSPS) is 18.7. The van der Waals surface area contributed by atoms with Gasteiger partial charge >= 0.3 is 0 Å². The van der Waals surface area contributed by atoms with E-state index in [1.54, 1.807) is 23.2 Å². The van der Waals surface area contributed by atoms with Gasteiger partial charge in [-0.2, -0.15) is 5.10 Å². The van der Waals surface area contributed by atoms with Gasteiger partial charge in [0, 0.05) is 12.7 Å². The summed E-state index contributed by atoms with van der Waals surface area (Å²) in [5, 5.41) is 6.81. The zero-order valence-electron chi connectivity index (χ0n) is 11.5. The molecule has 0 spiro atoms. The van der Waals surface area contributed by atoms with E-state index in [0.717, 1.165) is 11.3 Å². The summed E-state index contributed by atoms with van der Waals surface area (Å²) in [5.41, 5.74) is 1.67. The molecule has 0 unspecified atom stereocenters. The number of halogens is 1. The zero-order chi connectivity index (χ0) is 14.7. The molecule has 1 amide bonds. The maximum atomic E-state index is 12.9. The molecule has 5 nitrogen and oxygen atoms in total. The minimum absolute atomic E-state index is 0.00417. The van der Waals surface area contributed by atoms with Gasteiger partial charge < -0.3 is 9.64 Å². The first-order valence-electron chi connectivity index (χ1n) is 6.85. The molecule has 1 aromatic carbocycles. The van der Waals surface area contributed by atoms with Crippen molar-refractivity contribution in [2.45, 2.75) is 12.5 Å². The van der Waals surface area contributed by atoms with E-state index >= 15 is 0 Å². The summed E-state index contributed by atoms with van der Waals surface area (Å²) in [6.45, 7) is 1.53. The molecule has 1 aliphatic rings. The highest BCUT2D eigenvalue weighted by atomic mass is 19.1. The monoisotopic (exact) mass is 289 g/mol. The van der Waals surface area contributed by atoms with E-state index in [-0.39, 0.29) is 24.2 Å². The maximum absolute atomic E-state index is 12.9. The van der Waals surface area contributed by atoms with Gasteiger partial charge in [-0.25, -0.2) is 4.39 Å². The lowest BCUT2D eigenvalue weighted by Gasteiger charge is -2.35. The summed E-state index contributed by atoms with van der Waals surface area (Å²) in [6.07, 6.45) is 1.91. The van der Waals surface area contributed by atoms with Crippen LogP contribution in [0.3, 0.4) is 0 Å². The number of ether oxygens (including phenoxy) is 1. The average molecular weight is 289 g/mol. The molecule has 1 fully saturated rings. The Morgan fingerprint density at radius 2 is 2.19 bits per heavy atom. The predicted molar refractivity (Wildman–Crippen MR) is 74.0 cm³/mol. The molecule has 1 aliphatic heterocycles. The van der Waals surface area contributed by atoms with Gasteiger partial charge in [0.05, 0.1) is 31.4 Å². The molecule has 3 rings (SSSR count). The fourth-order valence-electron chi connectivity index (χ4n) is 2.49. The van der Waals surface area contributed by atoms with Crippen molar-refractivity contribution in [1.82, 2.24) is 15.1 Å². The summed E-state index contributed by atoms with van der Waals surface area (Å²) < 4.78 is 18.4. The lowest BCUT2D eigenvalue weighted by atomic mass is 10.1. The molecular formula is C15H16FN3O2. The first kappa shape index (κ1) is 13.8. The van der Waals surface area contributed by atoms with Crippen molar-refractivity contribution in [2.75, 3.05) is 19.8 Å². The molecule has 0 bridgehead atoms. The number of hydrogen-bond acceptors (Lipinski definition) is 3. The Bertz CT molecular complexity index is 598. The molecule has 1 aromatic heterocycles. The SMILES string of the molecule is O=C(Cc1ccc(F)cc1)N1CCOC[C@H]1c1ccn[nH]1. The molecule has 0 aliphatic carbocycles. The van der Waals surface area contributed by atoms with Gasteiger partial charge in [0.15, 0.2) is 0 Å². The van der Waals surface area contributed by atoms with E-state index in [4.69, 9.17) is 4.74 Å². The topological polar surface area (TPSA) is 58.2 Å². The quantitative estimate of drug-likeness (QED) is 0.935. The van der Waals surface area contributed by atoms with Crippen molar-refractivity contribution in [3.8, 4) is 0 Å². The number of morpholine rings is 1. The molecular weight excluding hydrogens is 273 g/mol. The first-order valence-corrected chi connectivity index (χ1v) is 6.85. The van der Waals surface area contributed by atoms with Crippen molar-refractivity contribution >= 4 is 5.91 Å². The summed E-state index contributed by atoms with van der Waals surface area (Å²) in [6, 6.07) is 7.71. The van der Waals surface area contributed by atoms with Crippen LogP contribution in [-0.4, -0.2) is 40.8 Å². The number of amides is 1. The van der Waals surface area contributed by atoms with E-state index < -0.39 is 0 Å². The third-order valence-electron chi connectivity index (χ3n) is 3.60. The number of benzene rings is 1. The van der Waals surface area contributed by atoms with Crippen LogP contribution in [0.25, 0.3) is 0 Å². The number of H-pyrrole nitrogens is 1. The van der Waals surface area contributed by atoms with Crippen LogP contribution in [0, 0.1) is 5.82 Å². The summed E-state index contributed by atoms with van der Waals surface area (Å²) in [4.78, 5) is 14.3. The fraction of sp³-hybridized carbons (Fsp3) is 0.333. The van der Waals surface area contributed by atoms with Gasteiger partial charge in [-0.3, -0.25) is 9.89 Å². The van der Waals surface area contributed by atoms with Crippen molar-refractivity contribution in [3.05, 3.63) is 53.6 Å². The highest BCUT2D eigenvalue weighted by Gasteiger charge is 2.29. The number of nitrogens with one attached hydrogen (secondary N) is 1. The van der Waals surface area contributed by atoms with Gasteiger partial charge in [0.1, 0.15) is 5.82 Å². The Labute approximate surface area is 121 Å². The zero-order valence-corrected chi connectivity index (χ0v) is 11.5. The molecule has 2 aromatic rings. The van der Waals surface area contributed by atoms with E-state index in [2.05, 4.69) is 10.2 Å². The summed E-state index contributed by atoms with van der Waals surface area (Å²) in [7, 11) is 0. The van der Waals surface area contributed by atoms with Crippen LogP contribution in [0.2, 0.25) is 0 Å². The second kappa shape index (κ2) is 6.05. The Morgan fingerprint density at radius 3 is 2.90 bits per heavy atom. The molecule has 21 heavy (non-hydrogen) atoms. The minimum atomic E-state index is -0.298.